The van der Waals surface area contributed by atoms with Crippen molar-refractivity contribution < 1.29 is 14.2 Å². The first kappa shape index (κ1) is 19.8. The van der Waals surface area contributed by atoms with Crippen LogP contribution in [0, 0.1) is 5.92 Å². The average Bonchev–Trinajstić information content (AvgIpc) is 3.12. The van der Waals surface area contributed by atoms with Crippen molar-refractivity contribution in [1.82, 2.24) is 15.5 Å². The third-order valence-electron chi connectivity index (χ3n) is 4.71. The molecule has 0 bridgehead atoms. The number of morpholine rings is 1. The number of guanidine groups is 1. The molecule has 0 spiro atoms. The van der Waals surface area contributed by atoms with E-state index < -0.39 is 0 Å². The van der Waals surface area contributed by atoms with Crippen LogP contribution in [-0.4, -0.2) is 70.1 Å². The molecule has 7 heteroatoms. The molecule has 7 nitrogen and oxygen atoms in total. The van der Waals surface area contributed by atoms with E-state index in [1.807, 2.05) is 12.1 Å². The predicted octanol–water partition coefficient (Wildman–Crippen LogP) is 1.48. The summed E-state index contributed by atoms with van der Waals surface area (Å²) in [5, 5.41) is 6.75. The van der Waals surface area contributed by atoms with E-state index in [0.717, 1.165) is 63.2 Å². The largest absolute Gasteiger partial charge is 0.454 e. The van der Waals surface area contributed by atoms with Crippen LogP contribution in [0.15, 0.2) is 23.2 Å². The van der Waals surface area contributed by atoms with Gasteiger partial charge in [-0.3, -0.25) is 9.89 Å². The number of hydrogen-bond donors (Lipinski definition) is 2. The monoisotopic (exact) mass is 376 g/mol. The Balaban J connectivity index is 1.38. The van der Waals surface area contributed by atoms with Gasteiger partial charge < -0.3 is 24.8 Å². The predicted molar refractivity (Wildman–Crippen MR) is 107 cm³/mol. The van der Waals surface area contributed by atoms with Crippen molar-refractivity contribution in [3.63, 3.8) is 0 Å². The molecular formula is C20H32N4O3. The van der Waals surface area contributed by atoms with Gasteiger partial charge in [-0.05, 0) is 30.0 Å². The Hall–Kier alpha value is -1.99. The standard InChI is InChI=1S/C20H32N4O3/c1-15(2)12-24-8-9-25-17(13-24)11-23-20(21-3)22-7-6-16-4-5-18-19(10-16)27-14-26-18/h4-5,10,15,17H,6-9,11-14H2,1-3H3,(H2,21,22,23). The Bertz CT molecular complexity index is 636. The van der Waals surface area contributed by atoms with Crippen molar-refractivity contribution in [2.45, 2.75) is 26.4 Å². The molecule has 1 unspecified atom stereocenters. The van der Waals surface area contributed by atoms with Gasteiger partial charge in [-0.15, -0.1) is 0 Å². The summed E-state index contributed by atoms with van der Waals surface area (Å²) in [4.78, 5) is 6.79. The summed E-state index contributed by atoms with van der Waals surface area (Å²) in [5.41, 5.74) is 1.21. The van der Waals surface area contributed by atoms with Crippen LogP contribution in [0.1, 0.15) is 19.4 Å². The second kappa shape index (κ2) is 9.80. The van der Waals surface area contributed by atoms with Gasteiger partial charge in [0, 0.05) is 39.8 Å². The lowest BCUT2D eigenvalue weighted by Gasteiger charge is -2.34. The highest BCUT2D eigenvalue weighted by Crippen LogP contribution is 2.32. The molecule has 0 radical (unpaired) electrons. The van der Waals surface area contributed by atoms with Gasteiger partial charge in [0.15, 0.2) is 17.5 Å². The minimum absolute atomic E-state index is 0.199. The van der Waals surface area contributed by atoms with E-state index in [0.29, 0.717) is 12.7 Å². The Morgan fingerprint density at radius 1 is 1.26 bits per heavy atom. The minimum atomic E-state index is 0.199. The molecule has 1 fully saturated rings. The highest BCUT2D eigenvalue weighted by Gasteiger charge is 2.21. The van der Waals surface area contributed by atoms with Gasteiger partial charge in [0.25, 0.3) is 0 Å². The number of ether oxygens (including phenoxy) is 3. The lowest BCUT2D eigenvalue weighted by Crippen LogP contribution is -2.50. The molecule has 1 aromatic carbocycles. The van der Waals surface area contributed by atoms with Crippen LogP contribution in [-0.2, 0) is 11.2 Å². The first-order chi connectivity index (χ1) is 13.1. The van der Waals surface area contributed by atoms with Gasteiger partial charge in [0.05, 0.1) is 12.7 Å². The quantitative estimate of drug-likeness (QED) is 0.555. The van der Waals surface area contributed by atoms with Crippen molar-refractivity contribution in [2.75, 3.05) is 53.2 Å². The summed E-state index contributed by atoms with van der Waals surface area (Å²) in [5.74, 6) is 3.14. The maximum absolute atomic E-state index is 5.89. The van der Waals surface area contributed by atoms with Crippen LogP contribution in [0.3, 0.4) is 0 Å². The van der Waals surface area contributed by atoms with Gasteiger partial charge in [0.1, 0.15) is 0 Å². The summed E-state index contributed by atoms with van der Waals surface area (Å²) in [7, 11) is 1.79. The van der Waals surface area contributed by atoms with E-state index >= 15 is 0 Å². The molecule has 2 aliphatic rings. The summed E-state index contributed by atoms with van der Waals surface area (Å²) < 4.78 is 16.7. The van der Waals surface area contributed by atoms with Crippen LogP contribution in [0.25, 0.3) is 0 Å². The van der Waals surface area contributed by atoms with Crippen molar-refractivity contribution in [3.05, 3.63) is 23.8 Å². The Morgan fingerprint density at radius 2 is 2.11 bits per heavy atom. The number of benzene rings is 1. The van der Waals surface area contributed by atoms with Crippen LogP contribution >= 0.6 is 0 Å². The molecule has 0 amide bonds. The number of nitrogens with zero attached hydrogens (tertiary/aromatic N) is 2. The summed E-state index contributed by atoms with van der Waals surface area (Å²) in [6.07, 6.45) is 1.09. The fraction of sp³-hybridized carbons (Fsp3) is 0.650. The van der Waals surface area contributed by atoms with E-state index in [2.05, 4.69) is 40.4 Å². The van der Waals surface area contributed by atoms with Crippen molar-refractivity contribution in [3.8, 4) is 11.5 Å². The van der Waals surface area contributed by atoms with Gasteiger partial charge >= 0.3 is 0 Å². The molecule has 2 aliphatic heterocycles. The number of nitrogens with one attached hydrogen (secondary N) is 2. The molecule has 27 heavy (non-hydrogen) atoms. The molecular weight excluding hydrogens is 344 g/mol. The molecule has 3 rings (SSSR count). The van der Waals surface area contributed by atoms with E-state index in [1.165, 1.54) is 5.56 Å². The normalized spacial score (nSPS) is 20.1. The molecule has 0 saturated carbocycles. The topological polar surface area (TPSA) is 67.4 Å². The second-order valence-corrected chi connectivity index (χ2v) is 7.46. The number of fused-ring (bicyclic) bond motifs is 1. The van der Waals surface area contributed by atoms with E-state index in [-0.39, 0.29) is 6.10 Å². The fourth-order valence-electron chi connectivity index (χ4n) is 3.44. The first-order valence-electron chi connectivity index (χ1n) is 9.81. The van der Waals surface area contributed by atoms with Crippen LogP contribution in [0.5, 0.6) is 11.5 Å². The molecule has 2 heterocycles. The maximum atomic E-state index is 5.89. The second-order valence-electron chi connectivity index (χ2n) is 7.46. The molecule has 1 aromatic rings. The number of hydrogen-bond acceptors (Lipinski definition) is 5. The zero-order valence-electron chi connectivity index (χ0n) is 16.7. The van der Waals surface area contributed by atoms with Crippen molar-refractivity contribution in [1.29, 1.82) is 0 Å². The zero-order chi connectivity index (χ0) is 19.1. The summed E-state index contributed by atoms with van der Waals surface area (Å²) in [6.45, 7) is 10.3. The highest BCUT2D eigenvalue weighted by atomic mass is 16.7. The minimum Gasteiger partial charge on any atom is -0.454 e. The molecule has 1 saturated heterocycles. The Morgan fingerprint density at radius 3 is 2.93 bits per heavy atom. The number of rotatable bonds is 7. The molecule has 1 atom stereocenters. The average molecular weight is 377 g/mol. The van der Waals surface area contributed by atoms with E-state index in [9.17, 15) is 0 Å². The lowest BCUT2D eigenvalue weighted by molar-refractivity contribution is -0.0284. The smallest absolute Gasteiger partial charge is 0.231 e. The third kappa shape index (κ3) is 6.01. The Labute approximate surface area is 162 Å². The van der Waals surface area contributed by atoms with Crippen LogP contribution < -0.4 is 20.1 Å². The van der Waals surface area contributed by atoms with Gasteiger partial charge in [-0.2, -0.15) is 0 Å². The van der Waals surface area contributed by atoms with Crippen molar-refractivity contribution in [2.24, 2.45) is 10.9 Å². The summed E-state index contributed by atoms with van der Waals surface area (Å²) in [6, 6.07) is 6.08. The van der Waals surface area contributed by atoms with Gasteiger partial charge in [-0.25, -0.2) is 0 Å². The van der Waals surface area contributed by atoms with Gasteiger partial charge in [0.2, 0.25) is 6.79 Å². The zero-order valence-corrected chi connectivity index (χ0v) is 16.7. The SMILES string of the molecule is CN=C(NCCc1ccc2c(c1)OCO2)NCC1CN(CC(C)C)CCO1. The van der Waals surface area contributed by atoms with Crippen molar-refractivity contribution >= 4 is 5.96 Å². The summed E-state index contributed by atoms with van der Waals surface area (Å²) >= 11 is 0. The molecule has 150 valence electrons. The Kier molecular flexibility index (Phi) is 7.18. The molecule has 0 aliphatic carbocycles. The van der Waals surface area contributed by atoms with Crippen LogP contribution in [0.2, 0.25) is 0 Å². The molecule has 0 aromatic heterocycles. The lowest BCUT2D eigenvalue weighted by atomic mass is 10.1. The fourth-order valence-corrected chi connectivity index (χ4v) is 3.44. The number of aliphatic imine (C=N–C) groups is 1. The third-order valence-corrected chi connectivity index (χ3v) is 4.71. The maximum Gasteiger partial charge on any atom is 0.231 e. The van der Waals surface area contributed by atoms with Gasteiger partial charge in [-0.1, -0.05) is 19.9 Å². The van der Waals surface area contributed by atoms with E-state index in [4.69, 9.17) is 14.2 Å². The molecule has 2 N–H and O–H groups in total. The highest BCUT2D eigenvalue weighted by molar-refractivity contribution is 5.79. The van der Waals surface area contributed by atoms with Crippen LogP contribution in [0.4, 0.5) is 0 Å². The first-order valence-corrected chi connectivity index (χ1v) is 9.81. The van der Waals surface area contributed by atoms with E-state index in [1.54, 1.807) is 7.05 Å².